The third kappa shape index (κ3) is 2.56. The van der Waals surface area contributed by atoms with Crippen LogP contribution in [0.1, 0.15) is 25.3 Å². The molecule has 0 bridgehead atoms. The molecule has 3 heteroatoms. The predicted octanol–water partition coefficient (Wildman–Crippen LogP) is 2.16. The van der Waals surface area contributed by atoms with Gasteiger partial charge in [0.2, 0.25) is 0 Å². The predicted molar refractivity (Wildman–Crippen MR) is 65.2 cm³/mol. The normalized spacial score (nSPS) is 19.5. The van der Waals surface area contributed by atoms with Gasteiger partial charge in [-0.2, -0.15) is 0 Å². The van der Waals surface area contributed by atoms with Crippen molar-refractivity contribution in [2.24, 2.45) is 0 Å². The minimum Gasteiger partial charge on any atom is -0.463 e. The SMILES string of the molecule is CCOC(=O)C1=C(c2ccccc2)CC(O)C1. The second-order valence-corrected chi connectivity index (χ2v) is 4.11. The van der Waals surface area contributed by atoms with Crippen molar-refractivity contribution >= 4 is 11.5 Å². The van der Waals surface area contributed by atoms with Crippen molar-refractivity contribution in [2.75, 3.05) is 6.61 Å². The number of esters is 1. The van der Waals surface area contributed by atoms with Crippen LogP contribution in [0.2, 0.25) is 0 Å². The first-order chi connectivity index (χ1) is 8.22. The molecule has 0 saturated heterocycles. The molecule has 90 valence electrons. The lowest BCUT2D eigenvalue weighted by Gasteiger charge is -2.06. The van der Waals surface area contributed by atoms with Crippen LogP contribution in [0, 0.1) is 0 Å². The molecule has 0 radical (unpaired) electrons. The molecule has 0 heterocycles. The Morgan fingerprint density at radius 3 is 2.71 bits per heavy atom. The van der Waals surface area contributed by atoms with E-state index in [0.717, 1.165) is 11.1 Å². The van der Waals surface area contributed by atoms with Crippen LogP contribution in [0.5, 0.6) is 0 Å². The zero-order chi connectivity index (χ0) is 12.3. The number of aliphatic hydroxyl groups excluding tert-OH is 1. The summed E-state index contributed by atoms with van der Waals surface area (Å²) in [7, 11) is 0. The van der Waals surface area contributed by atoms with Gasteiger partial charge >= 0.3 is 5.97 Å². The summed E-state index contributed by atoms with van der Waals surface area (Å²) in [6, 6.07) is 9.68. The van der Waals surface area contributed by atoms with Crippen LogP contribution in [0.3, 0.4) is 0 Å². The number of carbonyl (C=O) groups is 1. The summed E-state index contributed by atoms with van der Waals surface area (Å²) in [5.74, 6) is -0.303. The molecule has 1 aliphatic carbocycles. The smallest absolute Gasteiger partial charge is 0.334 e. The zero-order valence-corrected chi connectivity index (χ0v) is 9.85. The molecule has 1 aromatic rings. The molecule has 1 unspecified atom stereocenters. The zero-order valence-electron chi connectivity index (χ0n) is 9.85. The Labute approximate surface area is 101 Å². The van der Waals surface area contributed by atoms with Crippen LogP contribution in [-0.2, 0) is 9.53 Å². The molecule has 17 heavy (non-hydrogen) atoms. The molecule has 0 aliphatic heterocycles. The summed E-state index contributed by atoms with van der Waals surface area (Å²) >= 11 is 0. The highest BCUT2D eigenvalue weighted by atomic mass is 16.5. The van der Waals surface area contributed by atoms with Crippen molar-refractivity contribution in [2.45, 2.75) is 25.9 Å². The number of hydrogen-bond acceptors (Lipinski definition) is 3. The first-order valence-corrected chi connectivity index (χ1v) is 5.85. The lowest BCUT2D eigenvalue weighted by Crippen LogP contribution is -2.09. The second kappa shape index (κ2) is 5.15. The van der Waals surface area contributed by atoms with Gasteiger partial charge in [-0.05, 0) is 24.5 Å². The second-order valence-electron chi connectivity index (χ2n) is 4.11. The van der Waals surface area contributed by atoms with Gasteiger partial charge in [0, 0.05) is 12.0 Å². The van der Waals surface area contributed by atoms with Gasteiger partial charge in [-0.3, -0.25) is 0 Å². The van der Waals surface area contributed by atoms with Crippen molar-refractivity contribution in [1.82, 2.24) is 0 Å². The van der Waals surface area contributed by atoms with Crippen molar-refractivity contribution in [3.8, 4) is 0 Å². The van der Waals surface area contributed by atoms with Crippen molar-refractivity contribution in [1.29, 1.82) is 0 Å². The number of rotatable bonds is 3. The van der Waals surface area contributed by atoms with E-state index in [1.54, 1.807) is 6.92 Å². The maximum atomic E-state index is 11.8. The number of hydrogen-bond donors (Lipinski definition) is 1. The number of aliphatic hydroxyl groups is 1. The van der Waals surface area contributed by atoms with E-state index in [-0.39, 0.29) is 5.97 Å². The van der Waals surface area contributed by atoms with E-state index in [0.29, 0.717) is 25.0 Å². The number of carbonyl (C=O) groups excluding carboxylic acids is 1. The molecule has 3 nitrogen and oxygen atoms in total. The largest absolute Gasteiger partial charge is 0.463 e. The van der Waals surface area contributed by atoms with Gasteiger partial charge < -0.3 is 9.84 Å². The lowest BCUT2D eigenvalue weighted by molar-refractivity contribution is -0.138. The molecule has 0 fully saturated rings. The standard InChI is InChI=1S/C14H16O3/c1-2-17-14(16)13-9-11(15)8-12(13)10-6-4-3-5-7-10/h3-7,11,15H,2,8-9H2,1H3. The summed E-state index contributed by atoms with van der Waals surface area (Å²) in [4.78, 5) is 11.8. The maximum Gasteiger partial charge on any atom is 0.334 e. The van der Waals surface area contributed by atoms with Crippen molar-refractivity contribution in [3.63, 3.8) is 0 Å². The molecule has 1 N–H and O–H groups in total. The number of benzene rings is 1. The minimum absolute atomic E-state index is 0.303. The van der Waals surface area contributed by atoms with E-state index in [1.807, 2.05) is 30.3 Å². The molecule has 1 aliphatic rings. The Hall–Kier alpha value is -1.61. The van der Waals surface area contributed by atoms with E-state index in [1.165, 1.54) is 0 Å². The highest BCUT2D eigenvalue weighted by molar-refractivity contribution is 5.99. The van der Waals surface area contributed by atoms with Gasteiger partial charge in [-0.25, -0.2) is 4.79 Å². The molecule has 0 amide bonds. The van der Waals surface area contributed by atoms with Gasteiger partial charge in [0.05, 0.1) is 12.7 Å². The number of ether oxygens (including phenoxy) is 1. The molecule has 2 rings (SSSR count). The molecule has 0 saturated carbocycles. The molecular formula is C14H16O3. The lowest BCUT2D eigenvalue weighted by atomic mass is 10.0. The Bertz CT molecular complexity index is 434. The van der Waals surface area contributed by atoms with Gasteiger partial charge in [-0.1, -0.05) is 30.3 Å². The fourth-order valence-corrected chi connectivity index (χ4v) is 2.15. The Morgan fingerprint density at radius 2 is 2.06 bits per heavy atom. The van der Waals surface area contributed by atoms with Crippen LogP contribution in [0.4, 0.5) is 0 Å². The van der Waals surface area contributed by atoms with E-state index in [2.05, 4.69) is 0 Å². The van der Waals surface area contributed by atoms with Crippen molar-refractivity contribution in [3.05, 3.63) is 41.5 Å². The maximum absolute atomic E-state index is 11.8. The van der Waals surface area contributed by atoms with Gasteiger partial charge in [0.15, 0.2) is 0 Å². The quantitative estimate of drug-likeness (QED) is 0.812. The summed E-state index contributed by atoms with van der Waals surface area (Å²) < 4.78 is 5.02. The van der Waals surface area contributed by atoms with Crippen LogP contribution in [0.25, 0.3) is 5.57 Å². The van der Waals surface area contributed by atoms with Crippen LogP contribution >= 0.6 is 0 Å². The third-order valence-corrected chi connectivity index (χ3v) is 2.89. The third-order valence-electron chi connectivity index (χ3n) is 2.89. The highest BCUT2D eigenvalue weighted by Gasteiger charge is 2.28. The fraction of sp³-hybridized carbons (Fsp3) is 0.357. The van der Waals surface area contributed by atoms with Crippen LogP contribution in [0.15, 0.2) is 35.9 Å². The average Bonchev–Trinajstić information content (AvgIpc) is 2.73. The monoisotopic (exact) mass is 232 g/mol. The van der Waals surface area contributed by atoms with Gasteiger partial charge in [0.1, 0.15) is 0 Å². The minimum atomic E-state index is -0.468. The summed E-state index contributed by atoms with van der Waals surface area (Å²) in [6.45, 7) is 2.15. The molecule has 0 aromatic heterocycles. The summed E-state index contributed by atoms with van der Waals surface area (Å²) in [6.07, 6.45) is 0.450. The van der Waals surface area contributed by atoms with E-state index in [9.17, 15) is 9.90 Å². The summed E-state index contributed by atoms with van der Waals surface area (Å²) in [5, 5.41) is 9.70. The average molecular weight is 232 g/mol. The fourth-order valence-electron chi connectivity index (χ4n) is 2.15. The van der Waals surface area contributed by atoms with Crippen molar-refractivity contribution < 1.29 is 14.6 Å². The van der Waals surface area contributed by atoms with Gasteiger partial charge in [-0.15, -0.1) is 0 Å². The first kappa shape index (κ1) is 11.9. The van der Waals surface area contributed by atoms with Crippen LogP contribution < -0.4 is 0 Å². The molecule has 1 aromatic carbocycles. The van der Waals surface area contributed by atoms with Crippen LogP contribution in [-0.4, -0.2) is 23.8 Å². The molecule has 1 atom stereocenters. The Morgan fingerprint density at radius 1 is 1.35 bits per heavy atom. The summed E-state index contributed by atoms with van der Waals surface area (Å²) in [5.41, 5.74) is 2.52. The topological polar surface area (TPSA) is 46.5 Å². The van der Waals surface area contributed by atoms with E-state index < -0.39 is 6.10 Å². The Kier molecular flexibility index (Phi) is 3.59. The first-order valence-electron chi connectivity index (χ1n) is 5.85. The molecule has 0 spiro atoms. The highest BCUT2D eigenvalue weighted by Crippen LogP contribution is 2.34. The molecular weight excluding hydrogens is 216 g/mol. The van der Waals surface area contributed by atoms with Gasteiger partial charge in [0.25, 0.3) is 0 Å². The van der Waals surface area contributed by atoms with E-state index >= 15 is 0 Å². The van der Waals surface area contributed by atoms with E-state index in [4.69, 9.17) is 4.74 Å². The Balaban J connectivity index is 2.33.